The molecule has 37 heavy (non-hydrogen) atoms. The first kappa shape index (κ1) is 23.9. The second-order valence-electron chi connectivity index (χ2n) is 8.62. The maximum atomic E-state index is 13.1. The zero-order valence-electron chi connectivity index (χ0n) is 20.2. The Morgan fingerprint density at radius 1 is 0.892 bits per heavy atom. The number of hydrazone groups is 1. The van der Waals surface area contributed by atoms with Crippen LogP contribution in [0.3, 0.4) is 0 Å². The molecule has 1 aliphatic carbocycles. The number of para-hydroxylation sites is 2. The lowest BCUT2D eigenvalue weighted by Crippen LogP contribution is -2.22. The van der Waals surface area contributed by atoms with Crippen LogP contribution in [0, 0.1) is 6.92 Å². The summed E-state index contributed by atoms with van der Waals surface area (Å²) in [6.07, 6.45) is 2.06. The third-order valence-corrected chi connectivity index (χ3v) is 6.06. The maximum absolute atomic E-state index is 13.1. The Bertz CT molecular complexity index is 1470. The van der Waals surface area contributed by atoms with Crippen LogP contribution in [-0.2, 0) is 6.42 Å². The number of carbonyl (C=O) groups excluding carboxylic acids is 2. The van der Waals surface area contributed by atoms with Crippen molar-refractivity contribution >= 4 is 23.2 Å². The van der Waals surface area contributed by atoms with E-state index in [0.717, 1.165) is 17.7 Å². The third kappa shape index (κ3) is 5.23. The Balaban J connectivity index is 1.30. The number of hydrogen-bond donors (Lipinski definition) is 3. The molecule has 1 aliphatic rings. The fourth-order valence-electron chi connectivity index (χ4n) is 4.26. The van der Waals surface area contributed by atoms with E-state index in [-0.39, 0.29) is 23.0 Å². The summed E-state index contributed by atoms with van der Waals surface area (Å²) in [4.78, 5) is 25.5. The SMILES string of the molecule is Cc1c(C(=O)Nc2ccc(Oc3ccccc3)cc2)oc2c1/C(=N/NC(=O)c1ccccc1O)CCC2. The molecule has 0 radical (unpaired) electrons. The minimum Gasteiger partial charge on any atom is -0.507 e. The minimum absolute atomic E-state index is 0.123. The summed E-state index contributed by atoms with van der Waals surface area (Å²) in [6.45, 7) is 1.81. The number of nitrogens with zero attached hydrogens (tertiary/aromatic N) is 1. The first-order valence-corrected chi connectivity index (χ1v) is 11.9. The number of aromatic hydroxyl groups is 1. The molecule has 2 amide bonds. The molecule has 0 bridgehead atoms. The smallest absolute Gasteiger partial charge is 0.291 e. The van der Waals surface area contributed by atoms with Gasteiger partial charge in [0, 0.05) is 23.2 Å². The fourth-order valence-corrected chi connectivity index (χ4v) is 4.26. The number of phenols is 1. The molecule has 0 spiro atoms. The van der Waals surface area contributed by atoms with Crippen molar-refractivity contribution in [3.63, 3.8) is 0 Å². The molecule has 1 aromatic heterocycles. The summed E-state index contributed by atoms with van der Waals surface area (Å²) in [5.74, 6) is 1.23. The molecule has 1 heterocycles. The van der Waals surface area contributed by atoms with Crippen LogP contribution in [0.2, 0.25) is 0 Å². The number of phenolic OH excluding ortho intramolecular Hbond substituents is 1. The number of rotatable bonds is 6. The van der Waals surface area contributed by atoms with Gasteiger partial charge in [-0.2, -0.15) is 5.10 Å². The number of ether oxygens (including phenoxy) is 1. The zero-order valence-corrected chi connectivity index (χ0v) is 20.2. The monoisotopic (exact) mass is 495 g/mol. The van der Waals surface area contributed by atoms with Gasteiger partial charge in [0.2, 0.25) is 0 Å². The Hall–Kier alpha value is -4.85. The predicted octanol–water partition coefficient (Wildman–Crippen LogP) is 5.81. The lowest BCUT2D eigenvalue weighted by Gasteiger charge is -2.13. The molecule has 0 fully saturated rings. The lowest BCUT2D eigenvalue weighted by atomic mass is 9.93. The molecule has 186 valence electrons. The van der Waals surface area contributed by atoms with Gasteiger partial charge in [0.15, 0.2) is 5.76 Å². The average Bonchev–Trinajstić information content (AvgIpc) is 3.26. The van der Waals surface area contributed by atoms with Crippen molar-refractivity contribution in [2.45, 2.75) is 26.2 Å². The highest BCUT2D eigenvalue weighted by Gasteiger charge is 2.28. The Kier molecular flexibility index (Phi) is 6.72. The van der Waals surface area contributed by atoms with Crippen LogP contribution in [0.1, 0.15) is 50.6 Å². The van der Waals surface area contributed by atoms with Gasteiger partial charge in [-0.3, -0.25) is 9.59 Å². The van der Waals surface area contributed by atoms with Gasteiger partial charge in [-0.25, -0.2) is 5.43 Å². The quantitative estimate of drug-likeness (QED) is 0.292. The van der Waals surface area contributed by atoms with Crippen molar-refractivity contribution in [1.82, 2.24) is 5.43 Å². The molecule has 5 rings (SSSR count). The van der Waals surface area contributed by atoms with Crippen molar-refractivity contribution in [1.29, 1.82) is 0 Å². The second-order valence-corrected chi connectivity index (χ2v) is 8.62. The van der Waals surface area contributed by atoms with Crippen LogP contribution in [0.4, 0.5) is 5.69 Å². The zero-order chi connectivity index (χ0) is 25.8. The fraction of sp³-hybridized carbons (Fsp3) is 0.138. The van der Waals surface area contributed by atoms with Crippen molar-refractivity contribution in [3.8, 4) is 17.2 Å². The molecule has 0 unspecified atom stereocenters. The van der Waals surface area contributed by atoms with Crippen molar-refractivity contribution in [2.24, 2.45) is 5.10 Å². The van der Waals surface area contributed by atoms with Crippen LogP contribution < -0.4 is 15.5 Å². The number of benzene rings is 3. The molecule has 8 nitrogen and oxygen atoms in total. The summed E-state index contributed by atoms with van der Waals surface area (Å²) >= 11 is 0. The summed E-state index contributed by atoms with van der Waals surface area (Å²) in [6, 6.07) is 22.8. The summed E-state index contributed by atoms with van der Waals surface area (Å²) in [5.41, 5.74) is 5.27. The van der Waals surface area contributed by atoms with Crippen molar-refractivity contribution < 1.29 is 23.8 Å². The number of fused-ring (bicyclic) bond motifs is 1. The third-order valence-electron chi connectivity index (χ3n) is 6.06. The summed E-state index contributed by atoms with van der Waals surface area (Å²) in [5, 5.41) is 17.1. The van der Waals surface area contributed by atoms with E-state index in [1.165, 1.54) is 12.1 Å². The van der Waals surface area contributed by atoms with E-state index in [2.05, 4.69) is 15.8 Å². The van der Waals surface area contributed by atoms with E-state index in [0.29, 0.717) is 41.3 Å². The van der Waals surface area contributed by atoms with Crippen LogP contribution in [-0.4, -0.2) is 22.6 Å². The van der Waals surface area contributed by atoms with Gasteiger partial charge in [0.1, 0.15) is 23.0 Å². The number of hydrogen-bond acceptors (Lipinski definition) is 6. The van der Waals surface area contributed by atoms with E-state index >= 15 is 0 Å². The Morgan fingerprint density at radius 2 is 1.59 bits per heavy atom. The first-order chi connectivity index (χ1) is 18.0. The molecule has 0 saturated heterocycles. The van der Waals surface area contributed by atoms with E-state index in [9.17, 15) is 14.7 Å². The van der Waals surface area contributed by atoms with E-state index in [4.69, 9.17) is 9.15 Å². The Labute approximate surface area is 213 Å². The molecular formula is C29H25N3O5. The minimum atomic E-state index is -0.517. The van der Waals surface area contributed by atoms with E-state index < -0.39 is 5.91 Å². The molecule has 0 aliphatic heterocycles. The van der Waals surface area contributed by atoms with E-state index in [1.807, 2.05) is 30.3 Å². The van der Waals surface area contributed by atoms with Gasteiger partial charge >= 0.3 is 0 Å². The average molecular weight is 496 g/mol. The first-order valence-electron chi connectivity index (χ1n) is 11.9. The van der Waals surface area contributed by atoms with Crippen LogP contribution >= 0.6 is 0 Å². The van der Waals surface area contributed by atoms with Gasteiger partial charge in [0.05, 0.1) is 11.3 Å². The van der Waals surface area contributed by atoms with Gasteiger partial charge in [-0.1, -0.05) is 30.3 Å². The highest BCUT2D eigenvalue weighted by molar-refractivity contribution is 6.09. The molecule has 8 heteroatoms. The highest BCUT2D eigenvalue weighted by Crippen LogP contribution is 2.31. The largest absolute Gasteiger partial charge is 0.507 e. The predicted molar refractivity (Wildman–Crippen MR) is 139 cm³/mol. The highest BCUT2D eigenvalue weighted by atomic mass is 16.5. The summed E-state index contributed by atoms with van der Waals surface area (Å²) in [7, 11) is 0. The molecular weight excluding hydrogens is 470 g/mol. The van der Waals surface area contributed by atoms with Crippen molar-refractivity contribution in [2.75, 3.05) is 5.32 Å². The van der Waals surface area contributed by atoms with Crippen LogP contribution in [0.25, 0.3) is 0 Å². The van der Waals surface area contributed by atoms with Gasteiger partial charge in [-0.05, 0) is 68.3 Å². The van der Waals surface area contributed by atoms with Crippen molar-refractivity contribution in [3.05, 3.63) is 107 Å². The van der Waals surface area contributed by atoms with Crippen LogP contribution in [0.5, 0.6) is 17.2 Å². The number of aryl methyl sites for hydroxylation is 1. The molecule has 3 N–H and O–H groups in total. The molecule has 4 aromatic rings. The summed E-state index contributed by atoms with van der Waals surface area (Å²) < 4.78 is 11.7. The molecule has 0 atom stereocenters. The molecule has 0 saturated carbocycles. The normalized spacial score (nSPS) is 13.6. The topological polar surface area (TPSA) is 113 Å². The number of carbonyl (C=O) groups is 2. The van der Waals surface area contributed by atoms with Crippen LogP contribution in [0.15, 0.2) is 88.4 Å². The Morgan fingerprint density at radius 3 is 2.35 bits per heavy atom. The number of furan rings is 1. The maximum Gasteiger partial charge on any atom is 0.291 e. The van der Waals surface area contributed by atoms with Gasteiger partial charge in [0.25, 0.3) is 11.8 Å². The lowest BCUT2D eigenvalue weighted by molar-refractivity contribution is 0.0950. The number of amides is 2. The van der Waals surface area contributed by atoms with Gasteiger partial charge < -0.3 is 19.6 Å². The van der Waals surface area contributed by atoms with E-state index in [1.54, 1.807) is 43.3 Å². The number of anilines is 1. The standard InChI is InChI=1S/C29H25N3O5/c1-18-26-23(31-32-28(34)22-10-5-6-12-24(22)33)11-7-13-25(26)37-27(18)29(35)30-19-14-16-21(17-15-19)36-20-8-3-2-4-9-20/h2-6,8-10,12,14-17,33H,7,11,13H2,1H3,(H,30,35)(H,32,34)/b31-23+. The second kappa shape index (κ2) is 10.4. The molecule has 3 aromatic carbocycles. The van der Waals surface area contributed by atoms with Gasteiger partial charge in [-0.15, -0.1) is 0 Å². The number of nitrogens with one attached hydrogen (secondary N) is 2.